The lowest BCUT2D eigenvalue weighted by atomic mass is 10.1. The number of aromatic nitrogens is 2. The zero-order chi connectivity index (χ0) is 24.7. The molecule has 0 aliphatic heterocycles. The van der Waals surface area contributed by atoms with Gasteiger partial charge < -0.3 is 20.7 Å². The fourth-order valence-corrected chi connectivity index (χ4v) is 3.71. The van der Waals surface area contributed by atoms with Gasteiger partial charge in [-0.1, -0.05) is 37.8 Å². The van der Waals surface area contributed by atoms with E-state index < -0.39 is 6.03 Å². The van der Waals surface area contributed by atoms with Gasteiger partial charge in [-0.3, -0.25) is 0 Å². The maximum atomic E-state index is 11.4. The molecule has 3 rings (SSSR count). The summed E-state index contributed by atoms with van der Waals surface area (Å²) in [7, 11) is 0. The Labute approximate surface area is 216 Å². The maximum absolute atomic E-state index is 11.4. The number of hydrogen-bond acceptors (Lipinski definition) is 5. The van der Waals surface area contributed by atoms with Crippen LogP contribution in [0.3, 0.4) is 0 Å². The van der Waals surface area contributed by atoms with E-state index in [0.29, 0.717) is 23.2 Å². The first kappa shape index (κ1) is 26.2. The third kappa shape index (κ3) is 9.42. The highest BCUT2D eigenvalue weighted by molar-refractivity contribution is 7.80. The van der Waals surface area contributed by atoms with Crippen LogP contribution >= 0.6 is 12.2 Å². The zero-order valence-corrected chi connectivity index (χ0v) is 21.1. The summed E-state index contributed by atoms with van der Waals surface area (Å²) >= 11 is 9.79. The van der Waals surface area contributed by atoms with Gasteiger partial charge in [-0.15, -0.1) is 4.36 Å². The molecular formula is C25H30N6O2S2. The summed E-state index contributed by atoms with van der Waals surface area (Å²) in [5, 5.41) is 13.9. The minimum Gasteiger partial charge on any atom is -0.491 e. The molecule has 10 heteroatoms. The molecule has 0 unspecified atom stereocenters. The molecule has 3 N–H and O–H groups in total. The quantitative estimate of drug-likeness (QED) is 0.196. The summed E-state index contributed by atoms with van der Waals surface area (Å²) in [6.45, 7) is 1.45. The normalized spacial score (nSPS) is 10.4. The Morgan fingerprint density at radius 1 is 0.943 bits per heavy atom. The lowest BCUT2D eigenvalue weighted by Crippen LogP contribution is -2.29. The average molecular weight is 511 g/mol. The Kier molecular flexibility index (Phi) is 11.1. The highest BCUT2D eigenvalue weighted by Gasteiger charge is 2.06. The van der Waals surface area contributed by atoms with Crippen LogP contribution in [0.1, 0.15) is 38.5 Å². The number of ether oxygens (including phenoxy) is 1. The number of carbonyl (C=O) groups excluding carboxylic acids is 1. The van der Waals surface area contributed by atoms with Crippen LogP contribution in [0.5, 0.6) is 5.75 Å². The Morgan fingerprint density at radius 3 is 2.43 bits per heavy atom. The van der Waals surface area contributed by atoms with E-state index in [1.165, 1.54) is 6.42 Å². The van der Waals surface area contributed by atoms with Gasteiger partial charge in [-0.2, -0.15) is 5.10 Å². The summed E-state index contributed by atoms with van der Waals surface area (Å²) in [6, 6.07) is 16.6. The summed E-state index contributed by atoms with van der Waals surface area (Å²) in [5.74, 6) is 0.629. The fourth-order valence-electron chi connectivity index (χ4n) is 3.45. The van der Waals surface area contributed by atoms with Crippen LogP contribution in [0.2, 0.25) is 0 Å². The van der Waals surface area contributed by atoms with Crippen molar-refractivity contribution in [1.29, 1.82) is 0 Å². The van der Waals surface area contributed by atoms with E-state index >= 15 is 0 Å². The first-order chi connectivity index (χ1) is 17.2. The topological polar surface area (TPSA) is 92.6 Å². The third-order valence-corrected chi connectivity index (χ3v) is 5.63. The van der Waals surface area contributed by atoms with Gasteiger partial charge >= 0.3 is 6.03 Å². The molecule has 0 saturated heterocycles. The SMILES string of the molecule is O=C(N=S)Nc1ccccc1OCCCCCCCCNC(=S)Nc1ccc(-n2cccn2)cc1. The van der Waals surface area contributed by atoms with E-state index in [1.807, 2.05) is 59.4 Å². The van der Waals surface area contributed by atoms with Crippen LogP contribution < -0.4 is 20.7 Å². The highest BCUT2D eigenvalue weighted by Crippen LogP contribution is 2.24. The van der Waals surface area contributed by atoms with Gasteiger partial charge in [0.1, 0.15) is 5.75 Å². The van der Waals surface area contributed by atoms with Crippen LogP contribution in [0.4, 0.5) is 16.2 Å². The first-order valence-electron chi connectivity index (χ1n) is 11.7. The van der Waals surface area contributed by atoms with Crippen LogP contribution in [0.15, 0.2) is 71.4 Å². The Morgan fingerprint density at radius 2 is 1.69 bits per heavy atom. The molecule has 0 spiro atoms. The molecule has 8 nitrogen and oxygen atoms in total. The van der Waals surface area contributed by atoms with E-state index in [-0.39, 0.29) is 0 Å². The second-order valence-electron chi connectivity index (χ2n) is 7.87. The molecule has 3 aromatic rings. The predicted octanol–water partition coefficient (Wildman–Crippen LogP) is 5.84. The summed E-state index contributed by atoms with van der Waals surface area (Å²) in [4.78, 5) is 11.4. The number of urea groups is 1. The van der Waals surface area contributed by atoms with E-state index in [2.05, 4.69) is 37.8 Å². The number of carbonyl (C=O) groups is 1. The summed E-state index contributed by atoms with van der Waals surface area (Å²) in [5.41, 5.74) is 2.53. The van der Waals surface area contributed by atoms with E-state index in [1.54, 1.807) is 12.3 Å². The van der Waals surface area contributed by atoms with Crippen molar-refractivity contribution in [2.45, 2.75) is 38.5 Å². The summed E-state index contributed by atoms with van der Waals surface area (Å²) in [6.07, 6.45) is 10.3. The van der Waals surface area contributed by atoms with Crippen LogP contribution in [0.25, 0.3) is 5.69 Å². The number of para-hydroxylation sites is 2. The van der Waals surface area contributed by atoms with Crippen molar-refractivity contribution >= 4 is 47.2 Å². The van der Waals surface area contributed by atoms with Crippen molar-refractivity contribution in [3.05, 3.63) is 67.0 Å². The summed E-state index contributed by atoms with van der Waals surface area (Å²) < 4.78 is 10.8. The minimum absolute atomic E-state index is 0.567. The molecule has 184 valence electrons. The molecule has 35 heavy (non-hydrogen) atoms. The number of amides is 2. The number of nitrogens with zero attached hydrogens (tertiary/aromatic N) is 3. The van der Waals surface area contributed by atoms with Gasteiger partial charge in [-0.05, 0) is 67.5 Å². The lowest BCUT2D eigenvalue weighted by molar-refractivity contribution is 0.259. The van der Waals surface area contributed by atoms with Gasteiger partial charge in [0, 0.05) is 37.1 Å². The van der Waals surface area contributed by atoms with Gasteiger partial charge in [0.05, 0.1) is 18.0 Å². The zero-order valence-electron chi connectivity index (χ0n) is 19.5. The maximum Gasteiger partial charge on any atom is 0.356 e. The van der Waals surface area contributed by atoms with Crippen molar-refractivity contribution in [2.75, 3.05) is 23.8 Å². The lowest BCUT2D eigenvalue weighted by Gasteiger charge is -2.11. The van der Waals surface area contributed by atoms with Crippen LogP contribution in [-0.2, 0) is 12.4 Å². The Hall–Kier alpha value is -3.37. The number of unbranched alkanes of at least 4 members (excludes halogenated alkanes) is 5. The molecule has 1 aromatic heterocycles. The smallest absolute Gasteiger partial charge is 0.356 e. The number of nitrogens with one attached hydrogen (secondary N) is 3. The Bertz CT molecular complexity index is 1070. The van der Waals surface area contributed by atoms with Crippen molar-refractivity contribution in [1.82, 2.24) is 15.1 Å². The minimum atomic E-state index is -0.567. The van der Waals surface area contributed by atoms with E-state index in [4.69, 9.17) is 17.0 Å². The molecule has 2 amide bonds. The van der Waals surface area contributed by atoms with Crippen LogP contribution in [0, 0.1) is 0 Å². The largest absolute Gasteiger partial charge is 0.491 e. The molecular weight excluding hydrogens is 480 g/mol. The molecule has 0 fully saturated rings. The van der Waals surface area contributed by atoms with Crippen molar-refractivity contribution in [3.8, 4) is 11.4 Å². The van der Waals surface area contributed by atoms with Gasteiger partial charge in [0.15, 0.2) is 5.11 Å². The number of rotatable bonds is 13. The van der Waals surface area contributed by atoms with Crippen molar-refractivity contribution in [3.63, 3.8) is 0 Å². The van der Waals surface area contributed by atoms with Gasteiger partial charge in [0.2, 0.25) is 0 Å². The van der Waals surface area contributed by atoms with Crippen LogP contribution in [-0.4, -0.2) is 34.1 Å². The number of hydrogen-bond donors (Lipinski definition) is 3. The first-order valence-corrected chi connectivity index (χ1v) is 12.4. The molecule has 0 aliphatic rings. The van der Waals surface area contributed by atoms with Crippen molar-refractivity contribution < 1.29 is 9.53 Å². The third-order valence-electron chi connectivity index (χ3n) is 5.22. The second-order valence-corrected chi connectivity index (χ2v) is 8.46. The number of thiocarbonyl (C=S) groups is 1. The molecule has 0 bridgehead atoms. The molecule has 0 aliphatic carbocycles. The van der Waals surface area contributed by atoms with E-state index in [9.17, 15) is 4.79 Å². The van der Waals surface area contributed by atoms with Crippen molar-refractivity contribution in [2.24, 2.45) is 4.36 Å². The highest BCUT2D eigenvalue weighted by atomic mass is 32.1. The molecule has 0 atom stereocenters. The number of benzene rings is 2. The molecule has 2 aromatic carbocycles. The molecule has 0 radical (unpaired) electrons. The van der Waals surface area contributed by atoms with E-state index in [0.717, 1.165) is 50.0 Å². The predicted molar refractivity (Wildman–Crippen MR) is 146 cm³/mol. The monoisotopic (exact) mass is 510 g/mol. The van der Waals surface area contributed by atoms with Gasteiger partial charge in [-0.25, -0.2) is 9.48 Å². The molecule has 1 heterocycles. The fraction of sp³-hybridized carbons (Fsp3) is 0.320. The Balaban J connectivity index is 1.20. The standard InChI is InChI=1S/C25H30N6O2S2/c32-24(30-35)29-22-10-5-6-11-23(22)33-19-8-4-2-1-3-7-16-26-25(34)28-20-12-14-21(15-13-20)31-18-9-17-27-31/h5-6,9-15,17-18H,1-4,7-8,16,19H2,(H,29,32)(H2,26,28,34). The number of anilines is 2. The second kappa shape index (κ2) is 14.8. The van der Waals surface area contributed by atoms with Gasteiger partial charge in [0.25, 0.3) is 0 Å². The molecule has 0 saturated carbocycles. The average Bonchev–Trinajstić information content (AvgIpc) is 3.41.